The smallest absolute Gasteiger partial charge is 0.132 e. The van der Waals surface area contributed by atoms with Gasteiger partial charge in [0.15, 0.2) is 0 Å². The molecule has 1 aliphatic rings. The molecule has 0 amide bonds. The lowest BCUT2D eigenvalue weighted by molar-refractivity contribution is 0.424. The molecule has 2 nitrogen and oxygen atoms in total. The number of hydrogen-bond acceptors (Lipinski definition) is 2. The largest absolute Gasteiger partial charge is 0.461 e. The number of nitrogens with zero attached hydrogens (tertiary/aromatic N) is 1. The van der Waals surface area contributed by atoms with E-state index < -0.39 is 0 Å². The Kier molecular flexibility index (Phi) is 4.45. The average Bonchev–Trinajstić information content (AvgIpc) is 2.65. The first kappa shape index (κ1) is 17.7. The van der Waals surface area contributed by atoms with Gasteiger partial charge in [-0.1, -0.05) is 54.1 Å². The summed E-state index contributed by atoms with van der Waals surface area (Å²) < 4.78 is 6.42. The first-order valence-corrected chi connectivity index (χ1v) is 9.43. The number of allylic oxidation sites excluding steroid dienone is 1. The molecule has 4 rings (SSSR count). The van der Waals surface area contributed by atoms with E-state index in [4.69, 9.17) is 16.3 Å². The third-order valence-electron chi connectivity index (χ3n) is 5.14. The molecule has 0 atom stereocenters. The molecule has 136 valence electrons. The van der Waals surface area contributed by atoms with Gasteiger partial charge in [-0.15, -0.1) is 0 Å². The Balaban J connectivity index is 1.94. The molecule has 0 fully saturated rings. The lowest BCUT2D eigenvalue weighted by atomic mass is 9.89. The number of hydrogen-bond donors (Lipinski definition) is 0. The van der Waals surface area contributed by atoms with E-state index in [9.17, 15) is 0 Å². The van der Waals surface area contributed by atoms with Crippen LogP contribution in [0.25, 0.3) is 5.57 Å². The van der Waals surface area contributed by atoms with Gasteiger partial charge in [0.1, 0.15) is 11.5 Å². The summed E-state index contributed by atoms with van der Waals surface area (Å²) in [4.78, 5) is 2.19. The number of benzene rings is 3. The molecule has 1 heterocycles. The maximum atomic E-state index is 6.42. The molecule has 0 unspecified atom stereocenters. The molecular weight excluding hydrogens is 354 g/mol. The lowest BCUT2D eigenvalue weighted by Gasteiger charge is -2.32. The Morgan fingerprint density at radius 3 is 2.26 bits per heavy atom. The average molecular weight is 376 g/mol. The number of aryl methyl sites for hydroxylation is 2. The zero-order valence-corrected chi connectivity index (χ0v) is 16.8. The summed E-state index contributed by atoms with van der Waals surface area (Å²) in [5.74, 6) is 1.81. The molecule has 0 saturated heterocycles. The van der Waals surface area contributed by atoms with Crippen LogP contribution >= 0.6 is 11.6 Å². The molecule has 0 bridgehead atoms. The van der Waals surface area contributed by atoms with Gasteiger partial charge in [0.25, 0.3) is 0 Å². The van der Waals surface area contributed by atoms with Crippen molar-refractivity contribution in [3.05, 3.63) is 93.7 Å². The molecule has 0 N–H and O–H groups in total. The second kappa shape index (κ2) is 6.79. The molecule has 27 heavy (non-hydrogen) atoms. The predicted molar refractivity (Wildman–Crippen MR) is 114 cm³/mol. The quantitative estimate of drug-likeness (QED) is 0.452. The van der Waals surface area contributed by atoms with Crippen molar-refractivity contribution in [1.29, 1.82) is 0 Å². The fourth-order valence-corrected chi connectivity index (χ4v) is 3.96. The third kappa shape index (κ3) is 3.00. The maximum Gasteiger partial charge on any atom is 0.132 e. The highest BCUT2D eigenvalue weighted by atomic mass is 35.5. The van der Waals surface area contributed by atoms with Crippen molar-refractivity contribution < 1.29 is 4.74 Å². The second-order valence-corrected chi connectivity index (χ2v) is 7.43. The normalized spacial score (nSPS) is 14.5. The minimum absolute atomic E-state index is 0.729. The Labute approximate surface area is 165 Å². The van der Waals surface area contributed by atoms with Crippen LogP contribution in [0.15, 0.2) is 66.4 Å². The summed E-state index contributed by atoms with van der Waals surface area (Å²) in [6.45, 7) is 6.20. The maximum absolute atomic E-state index is 6.42. The first-order valence-electron chi connectivity index (χ1n) is 9.05. The van der Waals surface area contributed by atoms with Gasteiger partial charge in [-0.3, -0.25) is 0 Å². The zero-order chi connectivity index (χ0) is 19.1. The zero-order valence-electron chi connectivity index (χ0n) is 16.0. The van der Waals surface area contributed by atoms with Crippen LogP contribution in [0.5, 0.6) is 5.75 Å². The van der Waals surface area contributed by atoms with E-state index in [1.54, 1.807) is 0 Å². The van der Waals surface area contributed by atoms with Crippen LogP contribution in [-0.2, 0) is 0 Å². The van der Waals surface area contributed by atoms with Crippen LogP contribution in [0.4, 0.5) is 11.4 Å². The van der Waals surface area contributed by atoms with E-state index >= 15 is 0 Å². The molecule has 0 aromatic heterocycles. The van der Waals surface area contributed by atoms with Crippen molar-refractivity contribution in [2.75, 3.05) is 11.9 Å². The molecule has 0 aliphatic carbocycles. The van der Waals surface area contributed by atoms with Gasteiger partial charge in [0.2, 0.25) is 0 Å². The number of para-hydroxylation sites is 2. The standard InChI is InChI=1S/C24H22ClNO/c1-15-8-7-9-16(2)24(15)27-17(3)23-19-10-5-6-11-21(19)26(4)22-14-18(25)12-13-20(22)23/h5-14H,1-4H3/b23-17-. The summed E-state index contributed by atoms with van der Waals surface area (Å²) in [6.07, 6.45) is 0. The number of rotatable bonds is 2. The van der Waals surface area contributed by atoms with Gasteiger partial charge in [-0.25, -0.2) is 0 Å². The lowest BCUT2D eigenvalue weighted by Crippen LogP contribution is -2.19. The minimum atomic E-state index is 0.729. The number of ether oxygens (including phenoxy) is 1. The van der Waals surface area contributed by atoms with Gasteiger partial charge < -0.3 is 9.64 Å². The topological polar surface area (TPSA) is 12.5 Å². The summed E-state index contributed by atoms with van der Waals surface area (Å²) in [7, 11) is 2.08. The minimum Gasteiger partial charge on any atom is -0.461 e. The number of anilines is 2. The number of halogens is 1. The van der Waals surface area contributed by atoms with Gasteiger partial charge in [0, 0.05) is 34.5 Å². The molecule has 3 aromatic rings. The van der Waals surface area contributed by atoms with Crippen LogP contribution in [0, 0.1) is 13.8 Å². The SMILES string of the molecule is C/C(Oc1c(C)cccc1C)=C1\c2ccccc2N(C)c2cc(Cl)ccc21. The van der Waals surface area contributed by atoms with Crippen molar-refractivity contribution in [2.45, 2.75) is 20.8 Å². The molecule has 0 spiro atoms. The Morgan fingerprint density at radius 1 is 0.852 bits per heavy atom. The third-order valence-corrected chi connectivity index (χ3v) is 5.38. The van der Waals surface area contributed by atoms with Gasteiger partial charge >= 0.3 is 0 Å². The summed E-state index contributed by atoms with van der Waals surface area (Å²) in [5, 5.41) is 0.729. The van der Waals surface area contributed by atoms with E-state index in [1.807, 2.05) is 19.1 Å². The second-order valence-electron chi connectivity index (χ2n) is 6.99. The van der Waals surface area contributed by atoms with Crippen LogP contribution in [-0.4, -0.2) is 7.05 Å². The molecule has 0 radical (unpaired) electrons. The molecular formula is C24H22ClNO. The fraction of sp³-hybridized carbons (Fsp3) is 0.167. The van der Waals surface area contributed by atoms with Crippen LogP contribution in [0.2, 0.25) is 5.02 Å². The molecule has 3 heteroatoms. The van der Waals surface area contributed by atoms with E-state index in [0.717, 1.165) is 50.2 Å². The van der Waals surface area contributed by atoms with Crippen LogP contribution in [0.1, 0.15) is 29.2 Å². The fourth-order valence-electron chi connectivity index (χ4n) is 3.79. The monoisotopic (exact) mass is 375 g/mol. The Bertz CT molecular complexity index is 1050. The number of fused-ring (bicyclic) bond motifs is 2. The van der Waals surface area contributed by atoms with Crippen molar-refractivity contribution in [1.82, 2.24) is 0 Å². The van der Waals surface area contributed by atoms with E-state index in [-0.39, 0.29) is 0 Å². The predicted octanol–water partition coefficient (Wildman–Crippen LogP) is 6.90. The summed E-state index contributed by atoms with van der Waals surface area (Å²) in [5.41, 5.74) is 7.90. The van der Waals surface area contributed by atoms with E-state index in [1.165, 1.54) is 5.56 Å². The van der Waals surface area contributed by atoms with Gasteiger partial charge in [-0.05, 0) is 50.1 Å². The van der Waals surface area contributed by atoms with Crippen molar-refractivity contribution >= 4 is 28.5 Å². The van der Waals surface area contributed by atoms with Crippen molar-refractivity contribution in [3.63, 3.8) is 0 Å². The molecule has 0 saturated carbocycles. The summed E-state index contributed by atoms with van der Waals surface area (Å²) in [6, 6.07) is 20.7. The summed E-state index contributed by atoms with van der Waals surface area (Å²) >= 11 is 6.29. The molecule has 1 aliphatic heterocycles. The van der Waals surface area contributed by atoms with Gasteiger partial charge in [-0.2, -0.15) is 0 Å². The molecule has 3 aromatic carbocycles. The Morgan fingerprint density at radius 2 is 1.52 bits per heavy atom. The van der Waals surface area contributed by atoms with Crippen LogP contribution in [0.3, 0.4) is 0 Å². The Hall–Kier alpha value is -2.71. The highest BCUT2D eigenvalue weighted by molar-refractivity contribution is 6.31. The van der Waals surface area contributed by atoms with Crippen molar-refractivity contribution in [2.24, 2.45) is 0 Å². The van der Waals surface area contributed by atoms with Crippen molar-refractivity contribution in [3.8, 4) is 5.75 Å². The van der Waals surface area contributed by atoms with Gasteiger partial charge in [0.05, 0.1) is 5.69 Å². The van der Waals surface area contributed by atoms with Crippen LogP contribution < -0.4 is 9.64 Å². The highest BCUT2D eigenvalue weighted by Gasteiger charge is 2.26. The van der Waals surface area contributed by atoms with E-state index in [2.05, 4.69) is 74.3 Å². The highest BCUT2D eigenvalue weighted by Crippen LogP contribution is 2.46. The first-order chi connectivity index (χ1) is 13.0. The van der Waals surface area contributed by atoms with E-state index in [0.29, 0.717) is 0 Å².